The van der Waals surface area contributed by atoms with Gasteiger partial charge in [0, 0.05) is 32.9 Å². The summed E-state index contributed by atoms with van der Waals surface area (Å²) in [6, 6.07) is 1.84. The van der Waals surface area contributed by atoms with Crippen LogP contribution >= 0.6 is 0 Å². The van der Waals surface area contributed by atoms with Crippen molar-refractivity contribution in [1.29, 1.82) is 0 Å². The van der Waals surface area contributed by atoms with Crippen molar-refractivity contribution in [3.05, 3.63) is 23.3 Å². The molecule has 2 rings (SSSR count). The Morgan fingerprint density at radius 3 is 2.65 bits per heavy atom. The van der Waals surface area contributed by atoms with Crippen LogP contribution in [0.1, 0.15) is 23.3 Å². The summed E-state index contributed by atoms with van der Waals surface area (Å²) < 4.78 is 32.6. The first kappa shape index (κ1) is 15.3. The molecule has 1 atom stereocenters. The van der Waals surface area contributed by atoms with Crippen LogP contribution in [-0.4, -0.2) is 60.8 Å². The normalized spacial score (nSPS) is 21.4. The Kier molecular flexibility index (Phi) is 4.38. The predicted octanol–water partition coefficient (Wildman–Crippen LogP) is 0.273. The summed E-state index contributed by atoms with van der Waals surface area (Å²) in [4.78, 5) is 8.57. The number of hydrogen-bond donors (Lipinski definition) is 0. The van der Waals surface area contributed by atoms with Crippen LogP contribution < -0.4 is 0 Å². The second kappa shape index (κ2) is 5.72. The molecule has 0 saturated carbocycles. The summed E-state index contributed by atoms with van der Waals surface area (Å²) in [5.41, 5.74) is 1.58. The summed E-state index contributed by atoms with van der Waals surface area (Å²) in [5.74, 6) is 0.663. The Morgan fingerprint density at radius 1 is 1.35 bits per heavy atom. The summed E-state index contributed by atoms with van der Waals surface area (Å²) in [7, 11) is -0.365. The molecule has 0 radical (unpaired) electrons. The molecule has 8 heteroatoms. The summed E-state index contributed by atoms with van der Waals surface area (Å²) in [6.45, 7) is 4.69. The van der Waals surface area contributed by atoms with E-state index in [9.17, 15) is 8.42 Å². The average molecular weight is 300 g/mol. The predicted molar refractivity (Wildman–Crippen MR) is 74.4 cm³/mol. The first-order valence-corrected chi connectivity index (χ1v) is 7.82. The van der Waals surface area contributed by atoms with E-state index in [1.165, 1.54) is 22.7 Å². The Hall–Kier alpha value is -1.09. The van der Waals surface area contributed by atoms with Crippen LogP contribution in [0.3, 0.4) is 0 Å². The molecule has 0 N–H and O–H groups in total. The van der Waals surface area contributed by atoms with E-state index in [0.29, 0.717) is 19.0 Å². The zero-order chi connectivity index (χ0) is 14.9. The van der Waals surface area contributed by atoms with E-state index in [4.69, 9.17) is 4.74 Å². The zero-order valence-corrected chi connectivity index (χ0v) is 13.0. The van der Waals surface area contributed by atoms with Crippen molar-refractivity contribution >= 4 is 10.2 Å². The minimum absolute atomic E-state index is 0.274. The molecule has 0 aromatic carbocycles. The molecular formula is C12H20N4O3S. The van der Waals surface area contributed by atoms with Crippen LogP contribution in [0, 0.1) is 13.8 Å². The van der Waals surface area contributed by atoms with Crippen LogP contribution in [0.5, 0.6) is 0 Å². The molecule has 1 aromatic rings. The highest BCUT2D eigenvalue weighted by molar-refractivity contribution is 7.86. The number of aryl methyl sites for hydroxylation is 2. The van der Waals surface area contributed by atoms with Gasteiger partial charge in [0.15, 0.2) is 0 Å². The molecular weight excluding hydrogens is 280 g/mol. The molecule has 20 heavy (non-hydrogen) atoms. The van der Waals surface area contributed by atoms with Gasteiger partial charge in [0.05, 0.1) is 12.3 Å². The zero-order valence-electron chi connectivity index (χ0n) is 12.2. The van der Waals surface area contributed by atoms with Crippen LogP contribution in [0.15, 0.2) is 6.07 Å². The number of rotatable bonds is 3. The molecule has 112 valence electrons. The van der Waals surface area contributed by atoms with E-state index in [1.807, 2.05) is 19.9 Å². The van der Waals surface area contributed by atoms with Crippen molar-refractivity contribution in [2.45, 2.75) is 20.0 Å². The first-order chi connectivity index (χ1) is 9.30. The first-order valence-electron chi connectivity index (χ1n) is 6.42. The third-order valence-electron chi connectivity index (χ3n) is 3.13. The lowest BCUT2D eigenvalue weighted by Gasteiger charge is -2.33. The van der Waals surface area contributed by atoms with E-state index < -0.39 is 10.2 Å². The molecule has 1 aliphatic heterocycles. The van der Waals surface area contributed by atoms with Gasteiger partial charge in [-0.3, -0.25) is 0 Å². The van der Waals surface area contributed by atoms with Gasteiger partial charge in [-0.25, -0.2) is 9.97 Å². The average Bonchev–Trinajstić information content (AvgIpc) is 2.37. The van der Waals surface area contributed by atoms with Gasteiger partial charge in [-0.15, -0.1) is 0 Å². The molecule has 7 nitrogen and oxygen atoms in total. The maximum atomic E-state index is 12.2. The van der Waals surface area contributed by atoms with Crippen molar-refractivity contribution in [1.82, 2.24) is 18.6 Å². The molecule has 1 fully saturated rings. The lowest BCUT2D eigenvalue weighted by Crippen LogP contribution is -2.47. The summed E-state index contributed by atoms with van der Waals surface area (Å²) in [5, 5.41) is 0. The SMILES string of the molecule is Cc1cc([C@H]2CN(S(=O)(=O)N(C)C)CCO2)nc(C)n1. The van der Waals surface area contributed by atoms with Crippen molar-refractivity contribution in [3.8, 4) is 0 Å². The number of nitrogens with zero attached hydrogens (tertiary/aromatic N) is 4. The van der Waals surface area contributed by atoms with E-state index in [1.54, 1.807) is 0 Å². The van der Waals surface area contributed by atoms with Crippen LogP contribution in [0.4, 0.5) is 0 Å². The highest BCUT2D eigenvalue weighted by Crippen LogP contribution is 2.23. The summed E-state index contributed by atoms with van der Waals surface area (Å²) >= 11 is 0. The lowest BCUT2D eigenvalue weighted by molar-refractivity contribution is -0.00642. The highest BCUT2D eigenvalue weighted by Gasteiger charge is 2.32. The van der Waals surface area contributed by atoms with E-state index >= 15 is 0 Å². The Labute approximate surface area is 119 Å². The van der Waals surface area contributed by atoms with E-state index in [2.05, 4.69) is 9.97 Å². The van der Waals surface area contributed by atoms with E-state index in [-0.39, 0.29) is 12.6 Å². The van der Waals surface area contributed by atoms with Gasteiger partial charge < -0.3 is 4.74 Å². The molecule has 1 aromatic heterocycles. The molecule has 1 aliphatic rings. The van der Waals surface area contributed by atoms with Crippen LogP contribution in [-0.2, 0) is 14.9 Å². The Balaban J connectivity index is 2.23. The molecule has 0 spiro atoms. The molecule has 0 amide bonds. The van der Waals surface area contributed by atoms with E-state index in [0.717, 1.165) is 11.4 Å². The van der Waals surface area contributed by atoms with Gasteiger partial charge in [-0.2, -0.15) is 17.0 Å². The largest absolute Gasteiger partial charge is 0.369 e. The Morgan fingerprint density at radius 2 is 2.05 bits per heavy atom. The van der Waals surface area contributed by atoms with Gasteiger partial charge in [-0.05, 0) is 19.9 Å². The van der Waals surface area contributed by atoms with Gasteiger partial charge >= 0.3 is 0 Å². The molecule has 0 bridgehead atoms. The second-order valence-corrected chi connectivity index (χ2v) is 7.13. The number of aromatic nitrogens is 2. The second-order valence-electron chi connectivity index (χ2n) is 4.99. The van der Waals surface area contributed by atoms with Crippen LogP contribution in [0.25, 0.3) is 0 Å². The van der Waals surface area contributed by atoms with Gasteiger partial charge in [0.1, 0.15) is 11.9 Å². The number of ether oxygens (including phenoxy) is 1. The van der Waals surface area contributed by atoms with Crippen molar-refractivity contribution in [2.75, 3.05) is 33.8 Å². The lowest BCUT2D eigenvalue weighted by atomic mass is 10.2. The fourth-order valence-electron chi connectivity index (χ4n) is 2.16. The molecule has 0 unspecified atom stereocenters. The molecule has 1 saturated heterocycles. The topological polar surface area (TPSA) is 75.6 Å². The third-order valence-corrected chi connectivity index (χ3v) is 5.04. The number of hydrogen-bond acceptors (Lipinski definition) is 5. The Bertz CT molecular complexity index is 568. The fraction of sp³-hybridized carbons (Fsp3) is 0.667. The maximum absolute atomic E-state index is 12.2. The smallest absolute Gasteiger partial charge is 0.281 e. The van der Waals surface area contributed by atoms with Crippen LogP contribution in [0.2, 0.25) is 0 Å². The van der Waals surface area contributed by atoms with Crippen molar-refractivity contribution in [2.24, 2.45) is 0 Å². The third kappa shape index (κ3) is 3.14. The molecule has 0 aliphatic carbocycles. The monoisotopic (exact) mass is 300 g/mol. The summed E-state index contributed by atoms with van der Waals surface area (Å²) in [6.07, 6.45) is -0.348. The maximum Gasteiger partial charge on any atom is 0.281 e. The quantitative estimate of drug-likeness (QED) is 0.801. The minimum Gasteiger partial charge on any atom is -0.369 e. The van der Waals surface area contributed by atoms with Gasteiger partial charge in [-0.1, -0.05) is 0 Å². The number of morpholine rings is 1. The van der Waals surface area contributed by atoms with Crippen molar-refractivity contribution in [3.63, 3.8) is 0 Å². The molecule has 2 heterocycles. The minimum atomic E-state index is -3.42. The van der Waals surface area contributed by atoms with Crippen molar-refractivity contribution < 1.29 is 13.2 Å². The fourth-order valence-corrected chi connectivity index (χ4v) is 3.25. The highest BCUT2D eigenvalue weighted by atomic mass is 32.2. The van der Waals surface area contributed by atoms with Gasteiger partial charge in [0.25, 0.3) is 10.2 Å². The standard InChI is InChI=1S/C12H20N4O3S/c1-9-7-11(14-10(2)13-9)12-8-16(5-6-19-12)20(17,18)15(3)4/h7,12H,5-6,8H2,1-4H3/t12-/m1/s1. The van der Waals surface area contributed by atoms with Gasteiger partial charge in [0.2, 0.25) is 0 Å².